The molecule has 2 fully saturated rings. The first-order chi connectivity index (χ1) is 16.1. The molecular formula is C25H31FN4O3. The van der Waals surface area contributed by atoms with E-state index >= 15 is 0 Å². The fourth-order valence-electron chi connectivity index (χ4n) is 4.44. The number of carbonyl (C=O) groups is 2. The Bertz CT molecular complexity index is 911. The van der Waals surface area contributed by atoms with Crippen LogP contribution in [-0.4, -0.2) is 67.7 Å². The van der Waals surface area contributed by atoms with Crippen LogP contribution in [0.1, 0.15) is 24.4 Å². The fraction of sp³-hybridized carbons (Fsp3) is 0.440. The fourth-order valence-corrected chi connectivity index (χ4v) is 4.44. The van der Waals surface area contributed by atoms with E-state index in [9.17, 15) is 14.0 Å². The third-order valence-corrected chi connectivity index (χ3v) is 6.39. The topological polar surface area (TPSA) is 73.9 Å². The third-order valence-electron chi connectivity index (χ3n) is 6.39. The summed E-state index contributed by atoms with van der Waals surface area (Å²) in [5.74, 6) is -0.380. The highest BCUT2D eigenvalue weighted by atomic mass is 19.1. The molecule has 2 aromatic rings. The molecule has 4 rings (SSSR count). The molecule has 1 atom stereocenters. The van der Waals surface area contributed by atoms with Gasteiger partial charge in [-0.05, 0) is 42.7 Å². The summed E-state index contributed by atoms with van der Waals surface area (Å²) in [5.41, 5.74) is 1.74. The number of amides is 3. The monoisotopic (exact) mass is 454 g/mol. The van der Waals surface area contributed by atoms with E-state index in [4.69, 9.17) is 4.74 Å². The molecule has 2 saturated heterocycles. The molecule has 2 aliphatic rings. The number of piperidine rings is 1. The molecule has 2 N–H and O–H groups in total. The number of carbonyl (C=O) groups excluding carboxylic acids is 2. The number of rotatable bonds is 6. The molecule has 0 saturated carbocycles. The first-order valence-electron chi connectivity index (χ1n) is 11.6. The Labute approximate surface area is 193 Å². The number of halogens is 1. The van der Waals surface area contributed by atoms with E-state index in [1.807, 2.05) is 30.3 Å². The van der Waals surface area contributed by atoms with Crippen molar-refractivity contribution in [2.24, 2.45) is 5.92 Å². The number of morpholine rings is 1. The zero-order chi connectivity index (χ0) is 23.0. The molecule has 2 aromatic carbocycles. The number of benzene rings is 2. The van der Waals surface area contributed by atoms with Gasteiger partial charge in [0.25, 0.3) is 0 Å². The molecule has 1 unspecified atom stereocenters. The molecule has 3 amide bonds. The summed E-state index contributed by atoms with van der Waals surface area (Å²) in [7, 11) is 0. The maximum absolute atomic E-state index is 13.4. The quantitative estimate of drug-likeness (QED) is 0.703. The molecule has 7 nitrogen and oxygen atoms in total. The highest BCUT2D eigenvalue weighted by Crippen LogP contribution is 2.23. The van der Waals surface area contributed by atoms with Gasteiger partial charge in [0.1, 0.15) is 5.82 Å². The number of hydrogen-bond acceptors (Lipinski definition) is 4. The van der Waals surface area contributed by atoms with Crippen LogP contribution in [0.15, 0.2) is 54.6 Å². The molecule has 0 radical (unpaired) electrons. The van der Waals surface area contributed by atoms with E-state index in [1.54, 1.807) is 17.0 Å². The van der Waals surface area contributed by atoms with E-state index in [0.717, 1.165) is 24.3 Å². The molecule has 0 aromatic heterocycles. The molecule has 0 aliphatic carbocycles. The lowest BCUT2D eigenvalue weighted by atomic mass is 9.95. The molecular weight excluding hydrogens is 423 g/mol. The Balaban J connectivity index is 1.29. The predicted molar refractivity (Wildman–Crippen MR) is 124 cm³/mol. The summed E-state index contributed by atoms with van der Waals surface area (Å²) in [6.07, 6.45) is 1.26. The molecule has 33 heavy (non-hydrogen) atoms. The number of para-hydroxylation sites is 1. The van der Waals surface area contributed by atoms with Gasteiger partial charge in [0.15, 0.2) is 0 Å². The third kappa shape index (κ3) is 6.30. The maximum atomic E-state index is 13.4. The largest absolute Gasteiger partial charge is 0.379 e. The zero-order valence-electron chi connectivity index (χ0n) is 18.7. The molecule has 0 bridgehead atoms. The highest BCUT2D eigenvalue weighted by molar-refractivity contribution is 5.89. The van der Waals surface area contributed by atoms with Gasteiger partial charge in [-0.25, -0.2) is 9.18 Å². The second kappa shape index (κ2) is 11.2. The molecule has 0 spiro atoms. The number of nitrogens with one attached hydrogen (secondary N) is 2. The Morgan fingerprint density at radius 3 is 2.30 bits per heavy atom. The van der Waals surface area contributed by atoms with Crippen molar-refractivity contribution in [3.63, 3.8) is 0 Å². The molecule has 176 valence electrons. The number of nitrogens with zero attached hydrogens (tertiary/aromatic N) is 2. The van der Waals surface area contributed by atoms with Gasteiger partial charge in [-0.1, -0.05) is 30.3 Å². The van der Waals surface area contributed by atoms with Gasteiger partial charge >= 0.3 is 6.03 Å². The number of likely N-dealkylation sites (tertiary alicyclic amines) is 1. The van der Waals surface area contributed by atoms with E-state index in [1.165, 1.54) is 12.1 Å². The van der Waals surface area contributed by atoms with Crippen molar-refractivity contribution >= 4 is 17.6 Å². The summed E-state index contributed by atoms with van der Waals surface area (Å²) in [6, 6.07) is 15.7. The van der Waals surface area contributed by atoms with Crippen molar-refractivity contribution in [2.75, 3.05) is 51.3 Å². The van der Waals surface area contributed by atoms with Gasteiger partial charge in [-0.15, -0.1) is 0 Å². The van der Waals surface area contributed by atoms with Crippen LogP contribution in [0.4, 0.5) is 14.9 Å². The van der Waals surface area contributed by atoms with Gasteiger partial charge in [-0.3, -0.25) is 9.69 Å². The SMILES string of the molecule is O=C(NCC(c1ccc(F)cc1)N1CCOCC1)C1CCN(C(=O)Nc2ccccc2)CC1. The van der Waals surface area contributed by atoms with Gasteiger partial charge in [0, 0.05) is 44.3 Å². The molecule has 2 heterocycles. The van der Waals surface area contributed by atoms with Gasteiger partial charge in [-0.2, -0.15) is 0 Å². The van der Waals surface area contributed by atoms with Crippen molar-refractivity contribution in [2.45, 2.75) is 18.9 Å². The Kier molecular flexibility index (Phi) is 7.91. The smallest absolute Gasteiger partial charge is 0.321 e. The summed E-state index contributed by atoms with van der Waals surface area (Å²) in [6.45, 7) is 4.38. The number of hydrogen-bond donors (Lipinski definition) is 2. The minimum Gasteiger partial charge on any atom is -0.379 e. The summed E-state index contributed by atoms with van der Waals surface area (Å²) >= 11 is 0. The minimum absolute atomic E-state index is 0.0125. The van der Waals surface area contributed by atoms with Crippen molar-refractivity contribution in [1.82, 2.24) is 15.1 Å². The Morgan fingerprint density at radius 2 is 1.64 bits per heavy atom. The lowest BCUT2D eigenvalue weighted by molar-refractivity contribution is -0.126. The number of urea groups is 1. The second-order valence-corrected chi connectivity index (χ2v) is 8.52. The number of ether oxygens (including phenoxy) is 1. The van der Waals surface area contributed by atoms with Crippen molar-refractivity contribution in [3.8, 4) is 0 Å². The second-order valence-electron chi connectivity index (χ2n) is 8.52. The van der Waals surface area contributed by atoms with Crippen molar-refractivity contribution in [1.29, 1.82) is 0 Å². The summed E-state index contributed by atoms with van der Waals surface area (Å²) in [5, 5.41) is 6.01. The predicted octanol–water partition coefficient (Wildman–Crippen LogP) is 3.26. The lowest BCUT2D eigenvalue weighted by Crippen LogP contribution is -2.47. The van der Waals surface area contributed by atoms with Crippen LogP contribution < -0.4 is 10.6 Å². The first-order valence-corrected chi connectivity index (χ1v) is 11.6. The lowest BCUT2D eigenvalue weighted by Gasteiger charge is -2.36. The van der Waals surface area contributed by atoms with Crippen LogP contribution in [0.3, 0.4) is 0 Å². The van der Waals surface area contributed by atoms with Gasteiger partial charge < -0.3 is 20.3 Å². The standard InChI is InChI=1S/C25H31FN4O3/c26-21-8-6-19(7-9-21)23(29-14-16-33-17-15-29)18-27-24(31)20-10-12-30(13-11-20)25(32)28-22-4-2-1-3-5-22/h1-9,20,23H,10-18H2,(H,27,31)(H,28,32). The summed E-state index contributed by atoms with van der Waals surface area (Å²) in [4.78, 5) is 29.4. The normalized spacial score (nSPS) is 18.5. The zero-order valence-corrected chi connectivity index (χ0v) is 18.7. The first kappa shape index (κ1) is 23.2. The van der Waals surface area contributed by atoms with Crippen LogP contribution in [-0.2, 0) is 9.53 Å². The number of anilines is 1. The Hall–Kier alpha value is -2.97. The van der Waals surface area contributed by atoms with Gasteiger partial charge in [0.2, 0.25) is 5.91 Å². The van der Waals surface area contributed by atoms with E-state index in [-0.39, 0.29) is 29.7 Å². The van der Waals surface area contributed by atoms with Crippen LogP contribution in [0.25, 0.3) is 0 Å². The minimum atomic E-state index is -0.272. The molecule has 8 heteroatoms. The van der Waals surface area contributed by atoms with E-state index in [0.29, 0.717) is 45.7 Å². The maximum Gasteiger partial charge on any atom is 0.321 e. The van der Waals surface area contributed by atoms with Crippen LogP contribution in [0.5, 0.6) is 0 Å². The van der Waals surface area contributed by atoms with Crippen molar-refractivity contribution in [3.05, 3.63) is 66.0 Å². The average Bonchev–Trinajstić information content (AvgIpc) is 2.86. The van der Waals surface area contributed by atoms with Crippen LogP contribution in [0.2, 0.25) is 0 Å². The van der Waals surface area contributed by atoms with E-state index in [2.05, 4.69) is 15.5 Å². The Morgan fingerprint density at radius 1 is 0.970 bits per heavy atom. The van der Waals surface area contributed by atoms with E-state index < -0.39 is 0 Å². The average molecular weight is 455 g/mol. The summed E-state index contributed by atoms with van der Waals surface area (Å²) < 4.78 is 18.9. The highest BCUT2D eigenvalue weighted by Gasteiger charge is 2.29. The molecule has 2 aliphatic heterocycles. The van der Waals surface area contributed by atoms with Crippen LogP contribution in [0, 0.1) is 11.7 Å². The van der Waals surface area contributed by atoms with Crippen LogP contribution >= 0.6 is 0 Å². The van der Waals surface area contributed by atoms with Crippen molar-refractivity contribution < 1.29 is 18.7 Å². The van der Waals surface area contributed by atoms with Gasteiger partial charge in [0.05, 0.1) is 19.3 Å².